The van der Waals surface area contributed by atoms with Gasteiger partial charge in [-0.3, -0.25) is 4.79 Å². The van der Waals surface area contributed by atoms with Crippen LogP contribution >= 0.6 is 0 Å². The average Bonchev–Trinajstić information content (AvgIpc) is 2.22. The number of hydrogen-bond donors (Lipinski definition) is 5. The van der Waals surface area contributed by atoms with E-state index in [1.54, 1.807) is 0 Å². The Morgan fingerprint density at radius 2 is 2.00 bits per heavy atom. The van der Waals surface area contributed by atoms with Gasteiger partial charge in [0.05, 0.1) is 12.6 Å². The van der Waals surface area contributed by atoms with Gasteiger partial charge in [0.1, 0.15) is 12.2 Å². The monoisotopic (exact) mass is 224 g/mol. The molecule has 0 aliphatic heterocycles. The Morgan fingerprint density at radius 3 is 2.33 bits per heavy atom. The number of alkyl halides is 1. The quantitative estimate of drug-likeness (QED) is 0.342. The van der Waals surface area contributed by atoms with Crippen molar-refractivity contribution in [2.45, 2.75) is 31.3 Å². The predicted molar refractivity (Wildman–Crippen MR) is 50.7 cm³/mol. The number of carbonyl (C=O) groups excluding carboxylic acids is 1. The number of carbonyl (C=O) groups is 1. The van der Waals surface area contributed by atoms with Gasteiger partial charge in [-0.15, -0.1) is 0 Å². The van der Waals surface area contributed by atoms with E-state index in [4.69, 9.17) is 10.8 Å². The van der Waals surface area contributed by atoms with Crippen molar-refractivity contribution in [2.75, 3.05) is 13.2 Å². The summed E-state index contributed by atoms with van der Waals surface area (Å²) in [7, 11) is 0. The van der Waals surface area contributed by atoms with Gasteiger partial charge >= 0.3 is 0 Å². The zero-order chi connectivity index (χ0) is 12.0. The van der Waals surface area contributed by atoms with E-state index >= 15 is 0 Å². The molecule has 0 aliphatic carbocycles. The Morgan fingerprint density at radius 1 is 1.47 bits per heavy atom. The lowest BCUT2D eigenvalue weighted by Crippen LogP contribution is -2.54. The van der Waals surface area contributed by atoms with E-state index in [1.807, 2.05) is 0 Å². The molecule has 0 heterocycles. The van der Waals surface area contributed by atoms with E-state index in [2.05, 4.69) is 5.32 Å². The molecule has 0 fully saturated rings. The zero-order valence-corrected chi connectivity index (χ0v) is 8.43. The van der Waals surface area contributed by atoms with Gasteiger partial charge in [0.2, 0.25) is 5.91 Å². The van der Waals surface area contributed by atoms with Crippen molar-refractivity contribution in [2.24, 2.45) is 5.73 Å². The summed E-state index contributed by atoms with van der Waals surface area (Å²) >= 11 is 0. The molecule has 0 rings (SSSR count). The summed E-state index contributed by atoms with van der Waals surface area (Å²) in [5.74, 6) is -0.448. The highest BCUT2D eigenvalue weighted by atomic mass is 19.1. The van der Waals surface area contributed by atoms with Crippen molar-refractivity contribution < 1.29 is 24.5 Å². The molecule has 4 unspecified atom stereocenters. The number of aliphatic hydroxyl groups is 3. The van der Waals surface area contributed by atoms with E-state index < -0.39 is 36.9 Å². The van der Waals surface area contributed by atoms with Gasteiger partial charge in [0.15, 0.2) is 6.17 Å². The Labute approximate surface area is 86.9 Å². The van der Waals surface area contributed by atoms with Crippen molar-refractivity contribution in [3.63, 3.8) is 0 Å². The molecular formula is C8H17FN2O4. The second-order valence-corrected chi connectivity index (χ2v) is 3.22. The maximum atomic E-state index is 12.8. The molecule has 0 saturated carbocycles. The van der Waals surface area contributed by atoms with Gasteiger partial charge in [0.25, 0.3) is 0 Å². The van der Waals surface area contributed by atoms with Gasteiger partial charge in [-0.05, 0) is 0 Å². The summed E-state index contributed by atoms with van der Waals surface area (Å²) in [4.78, 5) is 10.7. The van der Waals surface area contributed by atoms with Crippen LogP contribution in [0.4, 0.5) is 4.39 Å². The molecule has 6 nitrogen and oxygen atoms in total. The highest BCUT2D eigenvalue weighted by Gasteiger charge is 2.31. The lowest BCUT2D eigenvalue weighted by Gasteiger charge is -2.27. The molecule has 0 aromatic carbocycles. The van der Waals surface area contributed by atoms with Crippen molar-refractivity contribution in [3.8, 4) is 0 Å². The lowest BCUT2D eigenvalue weighted by molar-refractivity contribution is -0.122. The van der Waals surface area contributed by atoms with Crippen LogP contribution in [0.2, 0.25) is 0 Å². The first-order valence-electron chi connectivity index (χ1n) is 4.52. The number of aliphatic hydroxyl groups excluding tert-OH is 3. The van der Waals surface area contributed by atoms with Crippen LogP contribution in [0.25, 0.3) is 0 Å². The molecule has 0 spiro atoms. The molecule has 0 radical (unpaired) electrons. The maximum absolute atomic E-state index is 12.8. The average molecular weight is 224 g/mol. The summed E-state index contributed by atoms with van der Waals surface area (Å²) in [6.07, 6.45) is -5.31. The van der Waals surface area contributed by atoms with Gasteiger partial charge in [0, 0.05) is 13.5 Å². The Bertz CT molecular complexity index is 205. The minimum absolute atomic E-state index is 0.143. The summed E-state index contributed by atoms with van der Waals surface area (Å²) in [6.45, 7) is 0.159. The molecule has 0 bridgehead atoms. The van der Waals surface area contributed by atoms with E-state index in [-0.39, 0.29) is 6.54 Å². The van der Waals surface area contributed by atoms with Crippen LogP contribution < -0.4 is 11.1 Å². The van der Waals surface area contributed by atoms with Crippen LogP contribution in [0.3, 0.4) is 0 Å². The van der Waals surface area contributed by atoms with Crippen LogP contribution in [-0.4, -0.2) is 58.8 Å². The van der Waals surface area contributed by atoms with E-state index in [0.717, 1.165) is 0 Å². The SMILES string of the molecule is CC(=O)NC(CN)C(O)C(O)C(F)CO. The molecular weight excluding hydrogens is 207 g/mol. The first kappa shape index (κ1) is 14.2. The highest BCUT2D eigenvalue weighted by molar-refractivity contribution is 5.73. The number of nitrogens with one attached hydrogen (secondary N) is 1. The fourth-order valence-corrected chi connectivity index (χ4v) is 1.10. The molecule has 7 heteroatoms. The van der Waals surface area contributed by atoms with Gasteiger partial charge in [-0.25, -0.2) is 4.39 Å². The topological polar surface area (TPSA) is 116 Å². The molecule has 0 aromatic heterocycles. The van der Waals surface area contributed by atoms with Crippen LogP contribution in [-0.2, 0) is 4.79 Å². The molecule has 0 aliphatic rings. The smallest absolute Gasteiger partial charge is 0.217 e. The first-order valence-corrected chi connectivity index (χ1v) is 4.52. The third-order valence-corrected chi connectivity index (χ3v) is 1.95. The van der Waals surface area contributed by atoms with Gasteiger partial charge in [-0.2, -0.15) is 0 Å². The molecule has 15 heavy (non-hydrogen) atoms. The van der Waals surface area contributed by atoms with Gasteiger partial charge in [-0.1, -0.05) is 0 Å². The van der Waals surface area contributed by atoms with Crippen molar-refractivity contribution in [1.82, 2.24) is 5.32 Å². The first-order chi connectivity index (χ1) is 6.93. The number of rotatable bonds is 6. The van der Waals surface area contributed by atoms with Crippen LogP contribution in [0.5, 0.6) is 0 Å². The third kappa shape index (κ3) is 4.52. The van der Waals surface area contributed by atoms with Crippen molar-refractivity contribution in [1.29, 1.82) is 0 Å². The highest BCUT2D eigenvalue weighted by Crippen LogP contribution is 2.07. The molecule has 4 atom stereocenters. The van der Waals surface area contributed by atoms with Crippen molar-refractivity contribution in [3.05, 3.63) is 0 Å². The zero-order valence-electron chi connectivity index (χ0n) is 8.43. The molecule has 1 amide bonds. The second kappa shape index (κ2) is 6.67. The minimum atomic E-state index is -1.97. The van der Waals surface area contributed by atoms with Crippen LogP contribution in [0.15, 0.2) is 0 Å². The fourth-order valence-electron chi connectivity index (χ4n) is 1.10. The Balaban J connectivity index is 4.35. The van der Waals surface area contributed by atoms with Crippen LogP contribution in [0.1, 0.15) is 6.92 Å². The second-order valence-electron chi connectivity index (χ2n) is 3.22. The molecule has 6 N–H and O–H groups in total. The largest absolute Gasteiger partial charge is 0.393 e. The Kier molecular flexibility index (Phi) is 6.34. The van der Waals surface area contributed by atoms with Gasteiger partial charge < -0.3 is 26.4 Å². The van der Waals surface area contributed by atoms with E-state index in [1.165, 1.54) is 6.92 Å². The number of nitrogens with two attached hydrogens (primary N) is 1. The predicted octanol–water partition coefficient (Wildman–Crippen LogP) is -2.50. The molecule has 0 aromatic rings. The number of halogens is 1. The lowest BCUT2D eigenvalue weighted by atomic mass is 10.0. The molecule has 90 valence electrons. The summed E-state index contributed by atoms with van der Waals surface area (Å²) < 4.78 is 12.8. The standard InChI is InChI=1S/C8H17FN2O4/c1-4(13)11-6(2-10)8(15)7(14)5(9)3-12/h5-8,12,14-15H,2-3,10H2,1H3,(H,11,13). The number of hydrogen-bond acceptors (Lipinski definition) is 5. The fraction of sp³-hybridized carbons (Fsp3) is 0.875. The Hall–Kier alpha value is -0.760. The van der Waals surface area contributed by atoms with Crippen LogP contribution in [0, 0.1) is 0 Å². The van der Waals surface area contributed by atoms with Crippen molar-refractivity contribution >= 4 is 5.91 Å². The summed E-state index contributed by atoms with van der Waals surface area (Å²) in [6, 6.07) is -0.942. The summed E-state index contributed by atoms with van der Waals surface area (Å²) in [5, 5.41) is 29.3. The van der Waals surface area contributed by atoms with E-state index in [9.17, 15) is 19.4 Å². The van der Waals surface area contributed by atoms with E-state index in [0.29, 0.717) is 0 Å². The maximum Gasteiger partial charge on any atom is 0.217 e. The normalized spacial score (nSPS) is 19.1. The minimum Gasteiger partial charge on any atom is -0.393 e. The molecule has 0 saturated heterocycles. The number of amides is 1. The third-order valence-electron chi connectivity index (χ3n) is 1.95. The summed E-state index contributed by atoms with van der Waals surface area (Å²) in [5.41, 5.74) is 5.23.